The summed E-state index contributed by atoms with van der Waals surface area (Å²) in [5.41, 5.74) is 0. The normalized spacial score (nSPS) is 37.4. The Morgan fingerprint density at radius 3 is 2.36 bits per heavy atom. The first kappa shape index (κ1) is 10.4. The van der Waals surface area contributed by atoms with Crippen molar-refractivity contribution in [2.45, 2.75) is 18.2 Å². The molecule has 2 aliphatic rings. The lowest BCUT2D eigenvalue weighted by Gasteiger charge is -2.39. The summed E-state index contributed by atoms with van der Waals surface area (Å²) in [6, 6.07) is 0.162. The van der Waals surface area contributed by atoms with Gasteiger partial charge in [-0.2, -0.15) is 0 Å². The molecule has 2 atom stereocenters. The van der Waals surface area contributed by atoms with Gasteiger partial charge in [0, 0.05) is 19.1 Å². The van der Waals surface area contributed by atoms with E-state index in [4.69, 9.17) is 0 Å². The molecule has 82 valence electrons. The van der Waals surface area contributed by atoms with Crippen LogP contribution >= 0.6 is 0 Å². The van der Waals surface area contributed by atoms with Gasteiger partial charge in [-0.1, -0.05) is 0 Å². The van der Waals surface area contributed by atoms with E-state index in [9.17, 15) is 13.5 Å². The van der Waals surface area contributed by atoms with Crippen molar-refractivity contribution >= 4 is 9.84 Å². The van der Waals surface area contributed by atoms with Crippen LogP contribution in [-0.2, 0) is 9.84 Å². The number of aliphatic hydroxyl groups is 1. The van der Waals surface area contributed by atoms with Crippen LogP contribution in [0.2, 0.25) is 0 Å². The van der Waals surface area contributed by atoms with Gasteiger partial charge in [0.2, 0.25) is 0 Å². The molecule has 0 bridgehead atoms. The molecule has 0 radical (unpaired) electrons. The fourth-order valence-corrected chi connectivity index (χ4v) is 3.89. The summed E-state index contributed by atoms with van der Waals surface area (Å²) in [6.45, 7) is 1.78. The Morgan fingerprint density at radius 2 is 2.00 bits per heavy atom. The van der Waals surface area contributed by atoms with E-state index in [2.05, 4.69) is 5.32 Å². The number of nitrogens with zero attached hydrogens (tertiary/aromatic N) is 1. The zero-order chi connectivity index (χ0) is 10.3. The molecular formula is C8H16N2O3S. The number of hydrogen-bond donors (Lipinski definition) is 2. The largest absolute Gasteiger partial charge is 0.390 e. The van der Waals surface area contributed by atoms with Crippen molar-refractivity contribution in [1.29, 1.82) is 0 Å². The van der Waals surface area contributed by atoms with Crippen molar-refractivity contribution in [3.05, 3.63) is 0 Å². The van der Waals surface area contributed by atoms with Crippen molar-refractivity contribution < 1.29 is 13.5 Å². The Bertz CT molecular complexity index is 313. The number of aliphatic hydroxyl groups excluding tert-OH is 1. The summed E-state index contributed by atoms with van der Waals surface area (Å²) in [6.07, 6.45) is -0.717. The topological polar surface area (TPSA) is 69.6 Å². The van der Waals surface area contributed by atoms with Crippen LogP contribution in [0.25, 0.3) is 0 Å². The highest BCUT2D eigenvalue weighted by molar-refractivity contribution is 7.91. The van der Waals surface area contributed by atoms with Gasteiger partial charge in [0.1, 0.15) is 0 Å². The van der Waals surface area contributed by atoms with E-state index in [1.54, 1.807) is 0 Å². The molecule has 0 aromatic rings. The van der Waals surface area contributed by atoms with Crippen LogP contribution in [0.15, 0.2) is 0 Å². The van der Waals surface area contributed by atoms with Crippen LogP contribution < -0.4 is 5.32 Å². The average molecular weight is 220 g/mol. The molecule has 2 heterocycles. The van der Waals surface area contributed by atoms with E-state index in [0.29, 0.717) is 6.04 Å². The molecule has 2 saturated heterocycles. The van der Waals surface area contributed by atoms with Gasteiger partial charge in [-0.15, -0.1) is 0 Å². The minimum atomic E-state index is -3.02. The third-order valence-corrected chi connectivity index (χ3v) is 4.85. The summed E-state index contributed by atoms with van der Waals surface area (Å²) >= 11 is 0. The predicted molar refractivity (Wildman–Crippen MR) is 52.9 cm³/mol. The van der Waals surface area contributed by atoms with Crippen molar-refractivity contribution in [2.24, 2.45) is 0 Å². The quantitative estimate of drug-likeness (QED) is 0.566. The number of rotatable bonds is 2. The minimum Gasteiger partial charge on any atom is -0.390 e. The van der Waals surface area contributed by atoms with Crippen LogP contribution in [0.1, 0.15) is 0 Å². The van der Waals surface area contributed by atoms with E-state index < -0.39 is 15.9 Å². The Morgan fingerprint density at radius 1 is 1.36 bits per heavy atom. The first-order valence-electron chi connectivity index (χ1n) is 4.81. The van der Waals surface area contributed by atoms with Gasteiger partial charge >= 0.3 is 0 Å². The monoisotopic (exact) mass is 220 g/mol. The van der Waals surface area contributed by atoms with Crippen molar-refractivity contribution in [1.82, 2.24) is 10.2 Å². The van der Waals surface area contributed by atoms with E-state index in [-0.39, 0.29) is 17.5 Å². The molecule has 2 rings (SSSR count). The zero-order valence-corrected chi connectivity index (χ0v) is 9.00. The third-order valence-electron chi connectivity index (χ3n) is 3.15. The van der Waals surface area contributed by atoms with Crippen molar-refractivity contribution in [2.75, 3.05) is 31.6 Å². The van der Waals surface area contributed by atoms with Gasteiger partial charge in [0.25, 0.3) is 0 Å². The van der Waals surface area contributed by atoms with Gasteiger partial charge < -0.3 is 10.4 Å². The zero-order valence-electron chi connectivity index (χ0n) is 8.18. The summed E-state index contributed by atoms with van der Waals surface area (Å²) in [5, 5.41) is 12.8. The maximum Gasteiger partial charge on any atom is 0.154 e. The SMILES string of the molecule is CN(C1CNC1)C1CS(=O)(=O)CC1O. The Balaban J connectivity index is 2.04. The van der Waals surface area contributed by atoms with Gasteiger partial charge in [-0.3, -0.25) is 4.90 Å². The molecule has 0 aliphatic carbocycles. The van der Waals surface area contributed by atoms with Crippen LogP contribution in [-0.4, -0.2) is 68.3 Å². The van der Waals surface area contributed by atoms with Gasteiger partial charge in [0.15, 0.2) is 9.84 Å². The van der Waals surface area contributed by atoms with E-state index in [0.717, 1.165) is 13.1 Å². The summed E-state index contributed by atoms with van der Waals surface area (Å²) < 4.78 is 22.6. The smallest absolute Gasteiger partial charge is 0.154 e. The number of hydrogen-bond acceptors (Lipinski definition) is 5. The number of likely N-dealkylation sites (N-methyl/N-ethyl adjacent to an activating group) is 1. The highest BCUT2D eigenvalue weighted by Crippen LogP contribution is 2.20. The Hall–Kier alpha value is -0.170. The molecule has 2 unspecified atom stereocenters. The molecule has 0 aromatic carbocycles. The molecule has 5 nitrogen and oxygen atoms in total. The number of sulfone groups is 1. The van der Waals surface area contributed by atoms with Crippen molar-refractivity contribution in [3.63, 3.8) is 0 Å². The highest BCUT2D eigenvalue weighted by atomic mass is 32.2. The predicted octanol–water partition coefficient (Wildman–Crippen LogP) is -1.95. The van der Waals surface area contributed by atoms with Gasteiger partial charge in [-0.25, -0.2) is 8.42 Å². The summed E-state index contributed by atoms with van der Waals surface area (Å²) in [7, 11) is -1.13. The maximum absolute atomic E-state index is 11.3. The van der Waals surface area contributed by atoms with Crippen LogP contribution in [0, 0.1) is 0 Å². The van der Waals surface area contributed by atoms with Gasteiger partial charge in [0.05, 0.1) is 23.7 Å². The first-order chi connectivity index (χ1) is 6.49. The fourth-order valence-electron chi connectivity index (χ4n) is 2.03. The lowest BCUT2D eigenvalue weighted by molar-refractivity contribution is 0.0558. The second-order valence-corrected chi connectivity index (χ2v) is 6.34. The van der Waals surface area contributed by atoms with Crippen molar-refractivity contribution in [3.8, 4) is 0 Å². The molecule has 0 amide bonds. The van der Waals surface area contributed by atoms with E-state index in [1.807, 2.05) is 11.9 Å². The van der Waals surface area contributed by atoms with E-state index in [1.165, 1.54) is 0 Å². The second-order valence-electron chi connectivity index (χ2n) is 4.19. The van der Waals surface area contributed by atoms with Gasteiger partial charge in [-0.05, 0) is 7.05 Å². The molecule has 0 saturated carbocycles. The fraction of sp³-hybridized carbons (Fsp3) is 1.00. The summed E-state index contributed by atoms with van der Waals surface area (Å²) in [4.78, 5) is 1.99. The number of nitrogens with one attached hydrogen (secondary N) is 1. The molecule has 2 N–H and O–H groups in total. The maximum atomic E-state index is 11.3. The molecule has 14 heavy (non-hydrogen) atoms. The average Bonchev–Trinajstić information content (AvgIpc) is 2.20. The van der Waals surface area contributed by atoms with E-state index >= 15 is 0 Å². The molecule has 2 aliphatic heterocycles. The first-order valence-corrected chi connectivity index (χ1v) is 6.63. The third kappa shape index (κ3) is 1.79. The van der Waals surface area contributed by atoms with Crippen LogP contribution in [0.3, 0.4) is 0 Å². The second kappa shape index (κ2) is 3.44. The molecule has 0 spiro atoms. The molecule has 2 fully saturated rings. The Kier molecular flexibility index (Phi) is 2.55. The lowest BCUT2D eigenvalue weighted by atomic mass is 10.1. The standard InChI is InChI=1S/C8H16N2O3S/c1-10(6-2-9-3-6)7-4-14(12,13)5-8(7)11/h6-9,11H,2-5H2,1H3. The highest BCUT2D eigenvalue weighted by Gasteiger charge is 2.41. The van der Waals surface area contributed by atoms with Crippen LogP contribution in [0.5, 0.6) is 0 Å². The molecule has 0 aromatic heterocycles. The minimum absolute atomic E-state index is 0.0812. The Labute approximate surface area is 84.0 Å². The summed E-state index contributed by atoms with van der Waals surface area (Å²) in [5.74, 6) is 0.0172. The van der Waals surface area contributed by atoms with Crippen LogP contribution in [0.4, 0.5) is 0 Å². The molecular weight excluding hydrogens is 204 g/mol. The molecule has 6 heteroatoms. The lowest BCUT2D eigenvalue weighted by Crippen LogP contribution is -2.60.